The third-order valence-corrected chi connectivity index (χ3v) is 2.51. The number of methoxy groups -OCH3 is 1. The number of benzene rings is 1. The first-order chi connectivity index (χ1) is 9.35. The van der Waals surface area contributed by atoms with E-state index < -0.39 is 17.9 Å². The monoisotopic (exact) mass is 280 g/mol. The van der Waals surface area contributed by atoms with E-state index in [1.165, 1.54) is 32.2 Å². The van der Waals surface area contributed by atoms with Crippen LogP contribution in [0, 0.1) is 0 Å². The second-order valence-electron chi connectivity index (χ2n) is 4.13. The summed E-state index contributed by atoms with van der Waals surface area (Å²) in [4.78, 5) is 33.6. The summed E-state index contributed by atoms with van der Waals surface area (Å²) < 4.78 is 4.95. The number of hydrogen-bond donors (Lipinski definition) is 3. The lowest BCUT2D eigenvalue weighted by molar-refractivity contribution is -0.124. The molecule has 1 aromatic rings. The number of ether oxygens (including phenoxy) is 1. The van der Waals surface area contributed by atoms with Crippen molar-refractivity contribution in [2.45, 2.75) is 19.9 Å². The number of nitrogens with one attached hydrogen (secondary N) is 2. The van der Waals surface area contributed by atoms with Crippen molar-refractivity contribution >= 4 is 23.5 Å². The van der Waals surface area contributed by atoms with Crippen molar-refractivity contribution in [2.75, 3.05) is 12.4 Å². The molecule has 108 valence electrons. The zero-order valence-corrected chi connectivity index (χ0v) is 11.4. The van der Waals surface area contributed by atoms with Gasteiger partial charge in [0.15, 0.2) is 0 Å². The molecule has 0 bridgehead atoms. The third kappa shape index (κ3) is 3.98. The van der Waals surface area contributed by atoms with Gasteiger partial charge in [0.1, 0.15) is 17.4 Å². The molecule has 20 heavy (non-hydrogen) atoms. The average molecular weight is 280 g/mol. The molecule has 0 radical (unpaired) electrons. The van der Waals surface area contributed by atoms with E-state index in [9.17, 15) is 14.4 Å². The average Bonchev–Trinajstić information content (AvgIpc) is 2.37. The molecule has 0 aromatic heterocycles. The van der Waals surface area contributed by atoms with Gasteiger partial charge in [-0.05, 0) is 19.1 Å². The van der Waals surface area contributed by atoms with Crippen molar-refractivity contribution in [3.8, 4) is 5.75 Å². The van der Waals surface area contributed by atoms with Crippen LogP contribution >= 0.6 is 0 Å². The van der Waals surface area contributed by atoms with Gasteiger partial charge in [0.25, 0.3) is 0 Å². The van der Waals surface area contributed by atoms with E-state index in [-0.39, 0.29) is 17.2 Å². The molecule has 0 spiro atoms. The Hall–Kier alpha value is -2.57. The molecule has 7 heteroatoms. The normalized spacial score (nSPS) is 11.3. The molecule has 0 saturated carbocycles. The third-order valence-electron chi connectivity index (χ3n) is 2.51. The van der Waals surface area contributed by atoms with Gasteiger partial charge in [-0.3, -0.25) is 9.59 Å². The molecule has 1 unspecified atom stereocenters. The van der Waals surface area contributed by atoms with Gasteiger partial charge in [0, 0.05) is 18.7 Å². The summed E-state index contributed by atoms with van der Waals surface area (Å²) >= 11 is 0. The van der Waals surface area contributed by atoms with Crippen LogP contribution < -0.4 is 15.4 Å². The largest absolute Gasteiger partial charge is 0.496 e. The van der Waals surface area contributed by atoms with Gasteiger partial charge in [-0.1, -0.05) is 0 Å². The molecule has 0 aliphatic heterocycles. The van der Waals surface area contributed by atoms with Crippen LogP contribution in [0.2, 0.25) is 0 Å². The van der Waals surface area contributed by atoms with Crippen LogP contribution in [0.1, 0.15) is 24.2 Å². The quantitative estimate of drug-likeness (QED) is 0.742. The molecule has 1 atom stereocenters. The van der Waals surface area contributed by atoms with Crippen molar-refractivity contribution in [3.63, 3.8) is 0 Å². The highest BCUT2D eigenvalue weighted by molar-refractivity contribution is 5.98. The van der Waals surface area contributed by atoms with E-state index in [1.807, 2.05) is 0 Å². The molecule has 1 rings (SSSR count). The van der Waals surface area contributed by atoms with Gasteiger partial charge >= 0.3 is 5.97 Å². The fourth-order valence-corrected chi connectivity index (χ4v) is 1.57. The Labute approximate surface area is 115 Å². The molecule has 0 saturated heterocycles. The maximum absolute atomic E-state index is 11.8. The second kappa shape index (κ2) is 6.55. The molecular weight excluding hydrogens is 264 g/mol. The number of carboxylic acids is 1. The topological polar surface area (TPSA) is 105 Å². The first-order valence-corrected chi connectivity index (χ1v) is 5.84. The zero-order chi connectivity index (χ0) is 15.3. The molecule has 0 fully saturated rings. The number of carbonyl (C=O) groups is 3. The summed E-state index contributed by atoms with van der Waals surface area (Å²) in [6.07, 6.45) is 0. The molecule has 3 N–H and O–H groups in total. The Bertz CT molecular complexity index is 542. The number of carbonyl (C=O) groups excluding carboxylic acids is 2. The minimum absolute atomic E-state index is 0.000378. The highest BCUT2D eigenvalue weighted by atomic mass is 16.5. The minimum atomic E-state index is -1.12. The summed E-state index contributed by atoms with van der Waals surface area (Å²) in [6.45, 7) is 2.86. The lowest BCUT2D eigenvalue weighted by Crippen LogP contribution is -2.40. The van der Waals surface area contributed by atoms with Crippen LogP contribution in [0.15, 0.2) is 18.2 Å². The van der Waals surface area contributed by atoms with Gasteiger partial charge in [0.2, 0.25) is 11.8 Å². The molecule has 0 aliphatic rings. The predicted molar refractivity (Wildman–Crippen MR) is 71.9 cm³/mol. The van der Waals surface area contributed by atoms with Crippen LogP contribution in [0.4, 0.5) is 5.69 Å². The lowest BCUT2D eigenvalue weighted by Gasteiger charge is -2.14. The number of anilines is 1. The first kappa shape index (κ1) is 15.5. The van der Waals surface area contributed by atoms with E-state index in [0.29, 0.717) is 5.69 Å². The molecule has 7 nitrogen and oxygen atoms in total. The zero-order valence-electron chi connectivity index (χ0n) is 11.4. The molecule has 2 amide bonds. The first-order valence-electron chi connectivity index (χ1n) is 5.84. The van der Waals surface area contributed by atoms with Crippen molar-refractivity contribution in [3.05, 3.63) is 23.8 Å². The van der Waals surface area contributed by atoms with Crippen molar-refractivity contribution < 1.29 is 24.2 Å². The summed E-state index contributed by atoms with van der Waals surface area (Å²) in [5.74, 6) is -1.70. The van der Waals surface area contributed by atoms with Crippen molar-refractivity contribution in [2.24, 2.45) is 0 Å². The fourth-order valence-electron chi connectivity index (χ4n) is 1.57. The standard InChI is InChI=1S/C13H16N2O5/c1-7(14-8(2)16)12(17)15-9-4-5-10(13(18)19)11(6-9)20-3/h4-7H,1-3H3,(H,14,16)(H,15,17)(H,18,19). The summed E-state index contributed by atoms with van der Waals surface area (Å²) in [7, 11) is 1.34. The molecule has 0 aliphatic carbocycles. The lowest BCUT2D eigenvalue weighted by atomic mass is 10.1. The Morgan fingerprint density at radius 2 is 1.95 bits per heavy atom. The molecule has 0 heterocycles. The highest BCUT2D eigenvalue weighted by Crippen LogP contribution is 2.23. The predicted octanol–water partition coefficient (Wildman–Crippen LogP) is 0.856. The maximum Gasteiger partial charge on any atom is 0.339 e. The Balaban J connectivity index is 2.86. The number of carboxylic acid groups (broad SMARTS) is 1. The molecule has 1 aromatic carbocycles. The number of hydrogen-bond acceptors (Lipinski definition) is 4. The van der Waals surface area contributed by atoms with Crippen LogP contribution in [-0.4, -0.2) is 36.0 Å². The van der Waals surface area contributed by atoms with Gasteiger partial charge in [-0.15, -0.1) is 0 Å². The van der Waals surface area contributed by atoms with E-state index in [0.717, 1.165) is 0 Å². The number of aromatic carboxylic acids is 1. The van der Waals surface area contributed by atoms with E-state index in [1.54, 1.807) is 6.92 Å². The SMILES string of the molecule is COc1cc(NC(=O)C(C)NC(C)=O)ccc1C(=O)O. The van der Waals surface area contributed by atoms with Gasteiger partial charge in [0.05, 0.1) is 7.11 Å². The van der Waals surface area contributed by atoms with Crippen molar-refractivity contribution in [1.82, 2.24) is 5.32 Å². The van der Waals surface area contributed by atoms with Gasteiger partial charge < -0.3 is 20.5 Å². The molecular formula is C13H16N2O5. The van der Waals surface area contributed by atoms with Crippen LogP contribution in [0.5, 0.6) is 5.75 Å². The van der Waals surface area contributed by atoms with Crippen LogP contribution in [0.3, 0.4) is 0 Å². The van der Waals surface area contributed by atoms with E-state index in [4.69, 9.17) is 9.84 Å². The van der Waals surface area contributed by atoms with E-state index in [2.05, 4.69) is 10.6 Å². The van der Waals surface area contributed by atoms with Crippen LogP contribution in [0.25, 0.3) is 0 Å². The minimum Gasteiger partial charge on any atom is -0.496 e. The summed E-state index contributed by atoms with van der Waals surface area (Å²) in [6, 6.07) is 3.49. The van der Waals surface area contributed by atoms with E-state index >= 15 is 0 Å². The summed E-state index contributed by atoms with van der Waals surface area (Å²) in [5.41, 5.74) is 0.384. The second-order valence-corrected chi connectivity index (χ2v) is 4.13. The number of amides is 2. The summed E-state index contributed by atoms with van der Waals surface area (Å²) in [5, 5.41) is 13.9. The van der Waals surface area contributed by atoms with Crippen molar-refractivity contribution in [1.29, 1.82) is 0 Å². The van der Waals surface area contributed by atoms with Gasteiger partial charge in [-0.25, -0.2) is 4.79 Å². The highest BCUT2D eigenvalue weighted by Gasteiger charge is 2.16. The Morgan fingerprint density at radius 1 is 1.30 bits per heavy atom. The maximum atomic E-state index is 11.8. The Kier molecular flexibility index (Phi) is 5.08. The fraction of sp³-hybridized carbons (Fsp3) is 0.308. The smallest absolute Gasteiger partial charge is 0.339 e. The Morgan fingerprint density at radius 3 is 2.45 bits per heavy atom. The number of rotatable bonds is 5. The van der Waals surface area contributed by atoms with Crippen LogP contribution in [-0.2, 0) is 9.59 Å². The van der Waals surface area contributed by atoms with Gasteiger partial charge in [-0.2, -0.15) is 0 Å².